The average molecular weight is 870 g/mol. The number of fused-ring (bicyclic) bond motifs is 2. The van der Waals surface area contributed by atoms with Crippen LogP contribution in [0.1, 0.15) is 25.3 Å². The van der Waals surface area contributed by atoms with Crippen LogP contribution in [0, 0.1) is 0 Å². The van der Waals surface area contributed by atoms with Crippen LogP contribution in [0.5, 0.6) is 0 Å². The Morgan fingerprint density at radius 2 is 1.07 bits per heavy atom. The van der Waals surface area contributed by atoms with Crippen molar-refractivity contribution in [1.82, 2.24) is 39.0 Å². The third-order valence-electron chi connectivity index (χ3n) is 7.84. The maximum atomic E-state index is 12.5. The Labute approximate surface area is 309 Å². The van der Waals surface area contributed by atoms with E-state index in [1.165, 1.54) is 21.8 Å². The molecule has 301 valence electrons. The molecule has 0 aliphatic carbocycles. The standard InChI is InChI=1S/C22H32BN10O17P5/c23-55(44,49-53(40,41)9-51(36,37)45-3-13-11(34)1-15(47-13)32-7-30-17-19(24)26-5-28-21(17)32)50-54(42,43)10-52(38,39)46-4-14-12(35)2-16(48-14)33-8-31-18-20(25)27-6-29-22(18)33/h5-8,11-16,34-35H,1-4,9-10H2,(H,36,37)(H,38,39)(H,40,41)(H,42,43)(H2,24,26,28)(H2,25,27,29)/q-1/p-4/t11-,12-,13+,14+,15+,16+/m0/s1. The summed E-state index contributed by atoms with van der Waals surface area (Å²) in [5.41, 5.74) is 12.4. The number of hydrogen-bond donors (Lipinski definition) is 4. The van der Waals surface area contributed by atoms with Crippen LogP contribution in [-0.4, -0.2) is 106 Å². The molecule has 6 heterocycles. The molecule has 27 nitrogen and oxygen atoms in total. The highest BCUT2D eigenvalue weighted by Gasteiger charge is 2.39. The van der Waals surface area contributed by atoms with Gasteiger partial charge in [0.1, 0.15) is 78.7 Å². The molecule has 4 aromatic rings. The number of nitrogen functional groups attached to an aromatic ring is 2. The van der Waals surface area contributed by atoms with Gasteiger partial charge in [0.25, 0.3) is 0 Å². The summed E-state index contributed by atoms with van der Waals surface area (Å²) in [6.45, 7) is -1.83. The highest BCUT2D eigenvalue weighted by Crippen LogP contribution is 2.69. The molecular weight excluding hydrogens is 842 g/mol. The van der Waals surface area contributed by atoms with Gasteiger partial charge < -0.3 is 98.8 Å². The largest absolute Gasteiger partial charge is 0.778 e. The third-order valence-corrected chi connectivity index (χ3v) is 18.3. The number of nitrogens with zero attached hydrogens (tertiary/aromatic N) is 8. The van der Waals surface area contributed by atoms with Gasteiger partial charge in [-0.05, 0) is 0 Å². The SMILES string of the molecule is [B-]P(=O)(OP(=O)([O-])CP(=O)([O-])OC[C@H]1O[C@@H](n2cnc3c(N)ncnc32)C[C@@H]1O)OP(=O)([O-])CP(=O)([O-])OC[C@H]1O[C@@H](n2cnc3c(N)ncnc32)C[C@@H]1O. The van der Waals surface area contributed by atoms with E-state index in [1.54, 1.807) is 0 Å². The van der Waals surface area contributed by atoms with Crippen LogP contribution in [0.2, 0.25) is 0 Å². The Bertz CT molecular complexity index is 2160. The molecule has 0 saturated carbocycles. The van der Waals surface area contributed by atoms with E-state index in [0.29, 0.717) is 0 Å². The molecule has 4 unspecified atom stereocenters. The normalized spacial score (nSPS) is 28.7. The minimum atomic E-state index is -5.92. The summed E-state index contributed by atoms with van der Waals surface area (Å²) in [7, 11) is -23.5. The van der Waals surface area contributed by atoms with Crippen molar-refractivity contribution < 1.29 is 79.8 Å². The fraction of sp³-hybridized carbons (Fsp3) is 0.545. The van der Waals surface area contributed by atoms with Crippen LogP contribution in [0.25, 0.3) is 22.3 Å². The first kappa shape index (κ1) is 42.1. The highest BCUT2D eigenvalue weighted by molar-refractivity contribution is 7.89. The lowest BCUT2D eigenvalue weighted by atomic mass is 10.2. The topological polar surface area (TPSA) is 413 Å². The molecule has 2 aliphatic rings. The molecule has 0 aromatic carbocycles. The number of aromatic nitrogens is 8. The minimum absolute atomic E-state index is 0.0644. The van der Waals surface area contributed by atoms with E-state index in [4.69, 9.17) is 28.5 Å². The van der Waals surface area contributed by atoms with Crippen molar-refractivity contribution in [3.05, 3.63) is 25.3 Å². The van der Waals surface area contributed by atoms with E-state index in [1.807, 2.05) is 0 Å². The van der Waals surface area contributed by atoms with Crippen LogP contribution in [0.4, 0.5) is 11.6 Å². The minimum Gasteiger partial charge on any atom is -0.778 e. The summed E-state index contributed by atoms with van der Waals surface area (Å²) >= 11 is 0. The highest BCUT2D eigenvalue weighted by atomic mass is 31.3. The van der Waals surface area contributed by atoms with Gasteiger partial charge in [0.2, 0.25) is 0 Å². The van der Waals surface area contributed by atoms with Gasteiger partial charge in [0, 0.05) is 12.8 Å². The smallest absolute Gasteiger partial charge is 0.167 e. The summed E-state index contributed by atoms with van der Waals surface area (Å²) in [6, 6.07) is 0. The molecule has 3 radical (unpaired) electrons. The van der Waals surface area contributed by atoms with Gasteiger partial charge in [-0.2, -0.15) is 0 Å². The van der Waals surface area contributed by atoms with Gasteiger partial charge in [-0.1, -0.05) is 0 Å². The molecule has 0 bridgehead atoms. The number of ether oxygens (including phenoxy) is 2. The van der Waals surface area contributed by atoms with E-state index in [0.717, 1.165) is 12.7 Å². The number of aliphatic hydroxyl groups is 2. The van der Waals surface area contributed by atoms with Crippen molar-refractivity contribution in [2.24, 2.45) is 0 Å². The number of imidazole rings is 2. The van der Waals surface area contributed by atoms with Crippen LogP contribution in [-0.2, 0) is 50.0 Å². The van der Waals surface area contributed by atoms with Crippen LogP contribution >= 0.6 is 37.9 Å². The molecule has 6 N–H and O–H groups in total. The Balaban J connectivity index is 0.980. The molecule has 0 spiro atoms. The summed E-state index contributed by atoms with van der Waals surface area (Å²) in [4.78, 5) is 73.7. The fourth-order valence-electron chi connectivity index (χ4n) is 5.53. The monoisotopic (exact) mass is 870 g/mol. The zero-order chi connectivity index (χ0) is 40.1. The number of aliphatic hydroxyl groups excluding tert-OH is 2. The van der Waals surface area contributed by atoms with Gasteiger partial charge in [-0.3, -0.25) is 9.13 Å². The second-order valence-electron chi connectivity index (χ2n) is 12.1. The van der Waals surface area contributed by atoms with Crippen LogP contribution < -0.4 is 31.0 Å². The van der Waals surface area contributed by atoms with Gasteiger partial charge >= 0.3 is 0 Å². The lowest BCUT2D eigenvalue weighted by Gasteiger charge is -2.41. The van der Waals surface area contributed by atoms with E-state index in [2.05, 4.69) is 47.6 Å². The molecule has 2 aliphatic heterocycles. The predicted octanol–water partition coefficient (Wildman–Crippen LogP) is -2.40. The Kier molecular flexibility index (Phi) is 12.0. The predicted molar refractivity (Wildman–Crippen MR) is 176 cm³/mol. The van der Waals surface area contributed by atoms with Crippen molar-refractivity contribution in [3.8, 4) is 0 Å². The molecule has 0 amide bonds. The molecular formula is C22H28BN10O17P5-5. The van der Waals surface area contributed by atoms with Crippen molar-refractivity contribution in [2.75, 3.05) is 36.5 Å². The number of hydrogen-bond acceptors (Lipinski definition) is 25. The summed E-state index contributed by atoms with van der Waals surface area (Å²) in [5, 5.41) is 20.8. The maximum Gasteiger partial charge on any atom is 0.167 e. The van der Waals surface area contributed by atoms with E-state index in [-0.39, 0.29) is 46.8 Å². The number of anilines is 2. The summed E-state index contributed by atoms with van der Waals surface area (Å²) in [5.74, 6) is -3.94. The second kappa shape index (κ2) is 15.6. The maximum absolute atomic E-state index is 12.5. The van der Waals surface area contributed by atoms with Gasteiger partial charge in [0.05, 0.1) is 57.4 Å². The van der Waals surface area contributed by atoms with Crippen LogP contribution in [0.3, 0.4) is 0 Å². The Morgan fingerprint density at radius 3 is 1.45 bits per heavy atom. The zero-order valence-corrected chi connectivity index (χ0v) is 32.1. The van der Waals surface area contributed by atoms with E-state index >= 15 is 0 Å². The van der Waals surface area contributed by atoms with Gasteiger partial charge in [0.15, 0.2) is 22.9 Å². The molecule has 55 heavy (non-hydrogen) atoms. The van der Waals surface area contributed by atoms with Crippen molar-refractivity contribution in [3.63, 3.8) is 0 Å². The number of nitrogens with two attached hydrogens (primary N) is 2. The lowest BCUT2D eigenvalue weighted by molar-refractivity contribution is -0.207. The van der Waals surface area contributed by atoms with E-state index in [9.17, 15) is 52.6 Å². The van der Waals surface area contributed by atoms with Crippen LogP contribution in [0.15, 0.2) is 25.3 Å². The zero-order valence-electron chi connectivity index (χ0n) is 27.6. The average Bonchev–Trinajstić information content (AvgIpc) is 3.82. The van der Waals surface area contributed by atoms with E-state index < -0.39 is 99.7 Å². The molecule has 10 atom stereocenters. The molecule has 4 aromatic heterocycles. The van der Waals surface area contributed by atoms with Gasteiger partial charge in [-0.25, -0.2) is 29.9 Å². The van der Waals surface area contributed by atoms with Crippen molar-refractivity contribution in [2.45, 2.75) is 49.7 Å². The summed E-state index contributed by atoms with van der Waals surface area (Å²) < 4.78 is 93.8. The second-order valence-corrected chi connectivity index (χ2v) is 22.1. The van der Waals surface area contributed by atoms with Crippen molar-refractivity contribution >= 4 is 79.4 Å². The van der Waals surface area contributed by atoms with Gasteiger partial charge in [-0.15, -0.1) is 0 Å². The summed E-state index contributed by atoms with van der Waals surface area (Å²) in [6.07, 6.45) is -2.47. The molecule has 6 rings (SSSR count). The molecule has 33 heteroatoms. The quantitative estimate of drug-likeness (QED) is 0.0673. The molecule has 2 saturated heterocycles. The lowest BCUT2D eigenvalue weighted by Crippen LogP contribution is -2.28. The van der Waals surface area contributed by atoms with Crippen molar-refractivity contribution in [1.29, 1.82) is 0 Å². The fourth-order valence-corrected chi connectivity index (χ4v) is 14.8. The Hall–Kier alpha value is -2.57. The first-order valence-electron chi connectivity index (χ1n) is 15.4. The number of rotatable bonds is 16. The molecule has 2 fully saturated rings. The third kappa shape index (κ3) is 10.1. The Morgan fingerprint density at radius 1 is 0.691 bits per heavy atom. The first-order chi connectivity index (χ1) is 25.5. The first-order valence-corrected chi connectivity index (χ1v) is 23.9.